The number of nitrogens with one attached hydrogen (secondary N) is 1. The lowest BCUT2D eigenvalue weighted by Crippen LogP contribution is -2.15. The average molecular weight is 267 g/mol. The number of hydrogen-bond donors (Lipinski definition) is 1. The van der Waals surface area contributed by atoms with Gasteiger partial charge in [-0.3, -0.25) is 4.79 Å². The second kappa shape index (κ2) is 10.3. The van der Waals surface area contributed by atoms with Crippen LogP contribution in [0.1, 0.15) is 6.42 Å². The fraction of sp³-hybridized carbons (Fsp3) is 0.500. The van der Waals surface area contributed by atoms with Gasteiger partial charge in [0.1, 0.15) is 6.61 Å². The third-order valence-corrected chi connectivity index (χ3v) is 2.35. The van der Waals surface area contributed by atoms with Crippen molar-refractivity contribution in [3.8, 4) is 0 Å². The molecule has 0 aliphatic heterocycles. The van der Waals surface area contributed by atoms with Crippen LogP contribution in [0.2, 0.25) is 0 Å². The van der Waals surface area contributed by atoms with Gasteiger partial charge in [0.15, 0.2) is 0 Å². The van der Waals surface area contributed by atoms with Crippen molar-refractivity contribution in [2.24, 2.45) is 0 Å². The van der Waals surface area contributed by atoms with Crippen molar-refractivity contribution in [3.05, 3.63) is 30.3 Å². The number of carbonyl (C=O) groups excluding carboxylic acids is 1. The fourth-order valence-electron chi connectivity index (χ4n) is 1.40. The maximum Gasteiger partial charge on any atom is 0.307 e. The first-order valence-corrected chi connectivity index (χ1v) is 6.34. The van der Waals surface area contributed by atoms with Crippen LogP contribution in [0, 0.1) is 0 Å². The molecule has 0 saturated carbocycles. The third-order valence-electron chi connectivity index (χ3n) is 2.35. The molecule has 0 bridgehead atoms. The predicted molar refractivity (Wildman–Crippen MR) is 73.2 cm³/mol. The molecule has 1 aromatic rings. The number of anilines is 1. The van der Waals surface area contributed by atoms with Gasteiger partial charge in [-0.1, -0.05) is 18.2 Å². The topological polar surface area (TPSA) is 56.8 Å². The summed E-state index contributed by atoms with van der Waals surface area (Å²) < 4.78 is 15.0. The van der Waals surface area contributed by atoms with E-state index < -0.39 is 0 Å². The number of carbonyl (C=O) groups is 1. The lowest BCUT2D eigenvalue weighted by atomic mass is 10.3. The molecule has 0 aromatic heterocycles. The number of ether oxygens (including phenoxy) is 3. The summed E-state index contributed by atoms with van der Waals surface area (Å²) in [6, 6.07) is 9.74. The minimum absolute atomic E-state index is 0.223. The number of rotatable bonds is 10. The Hall–Kier alpha value is -1.59. The highest BCUT2D eigenvalue weighted by Gasteiger charge is 2.02. The molecular weight excluding hydrogens is 246 g/mol. The highest BCUT2D eigenvalue weighted by atomic mass is 16.6. The smallest absolute Gasteiger partial charge is 0.307 e. The summed E-state index contributed by atoms with van der Waals surface area (Å²) in [7, 11) is 1.61. The summed E-state index contributed by atoms with van der Waals surface area (Å²) in [5.74, 6) is -0.223. The Morgan fingerprint density at radius 2 is 1.84 bits per heavy atom. The van der Waals surface area contributed by atoms with Gasteiger partial charge < -0.3 is 19.5 Å². The second-order valence-electron chi connectivity index (χ2n) is 3.87. The first-order chi connectivity index (χ1) is 9.33. The Balaban J connectivity index is 1.96. The minimum Gasteiger partial charge on any atom is -0.463 e. The summed E-state index contributed by atoms with van der Waals surface area (Å²) in [4.78, 5) is 11.4. The van der Waals surface area contributed by atoms with Gasteiger partial charge in [-0.2, -0.15) is 0 Å². The van der Waals surface area contributed by atoms with E-state index in [9.17, 15) is 4.79 Å². The van der Waals surface area contributed by atoms with Gasteiger partial charge in [0, 0.05) is 19.3 Å². The van der Waals surface area contributed by atoms with Gasteiger partial charge >= 0.3 is 5.97 Å². The van der Waals surface area contributed by atoms with E-state index in [1.165, 1.54) is 0 Å². The Labute approximate surface area is 113 Å². The van der Waals surface area contributed by atoms with E-state index in [-0.39, 0.29) is 12.6 Å². The molecule has 0 atom stereocenters. The normalized spacial score (nSPS) is 10.2. The van der Waals surface area contributed by atoms with Crippen molar-refractivity contribution in [2.75, 3.05) is 45.4 Å². The van der Waals surface area contributed by atoms with Crippen LogP contribution in [0.3, 0.4) is 0 Å². The van der Waals surface area contributed by atoms with Crippen molar-refractivity contribution in [3.63, 3.8) is 0 Å². The molecule has 0 aliphatic rings. The van der Waals surface area contributed by atoms with Crippen molar-refractivity contribution in [1.82, 2.24) is 0 Å². The average Bonchev–Trinajstić information content (AvgIpc) is 2.44. The fourth-order valence-corrected chi connectivity index (χ4v) is 1.40. The van der Waals surface area contributed by atoms with Gasteiger partial charge in [-0.05, 0) is 12.1 Å². The predicted octanol–water partition coefficient (Wildman–Crippen LogP) is 1.69. The zero-order chi connectivity index (χ0) is 13.8. The molecule has 5 heteroatoms. The Morgan fingerprint density at radius 1 is 1.11 bits per heavy atom. The van der Waals surface area contributed by atoms with E-state index in [2.05, 4.69) is 5.32 Å². The molecule has 5 nitrogen and oxygen atoms in total. The van der Waals surface area contributed by atoms with E-state index in [0.717, 1.165) is 5.69 Å². The SMILES string of the molecule is COCCOCCOC(=O)CCNc1ccccc1. The van der Waals surface area contributed by atoms with E-state index in [4.69, 9.17) is 14.2 Å². The van der Waals surface area contributed by atoms with E-state index in [0.29, 0.717) is 32.8 Å². The van der Waals surface area contributed by atoms with Crippen LogP contribution in [-0.4, -0.2) is 46.1 Å². The second-order valence-corrected chi connectivity index (χ2v) is 3.87. The number of methoxy groups -OCH3 is 1. The molecule has 1 rings (SSSR count). The van der Waals surface area contributed by atoms with Crippen LogP contribution in [-0.2, 0) is 19.0 Å². The number of benzene rings is 1. The lowest BCUT2D eigenvalue weighted by molar-refractivity contribution is -0.145. The zero-order valence-corrected chi connectivity index (χ0v) is 11.3. The van der Waals surface area contributed by atoms with Crippen molar-refractivity contribution in [1.29, 1.82) is 0 Å². The van der Waals surface area contributed by atoms with Crippen LogP contribution in [0.4, 0.5) is 5.69 Å². The molecule has 0 aliphatic carbocycles. The first kappa shape index (κ1) is 15.5. The van der Waals surface area contributed by atoms with E-state index in [1.807, 2.05) is 30.3 Å². The van der Waals surface area contributed by atoms with Crippen LogP contribution >= 0.6 is 0 Å². The standard InChI is InChI=1S/C14H21NO4/c1-17-9-10-18-11-12-19-14(16)7-8-15-13-5-3-2-4-6-13/h2-6,15H,7-12H2,1H3. The first-order valence-electron chi connectivity index (χ1n) is 6.34. The van der Waals surface area contributed by atoms with Crippen molar-refractivity contribution < 1.29 is 19.0 Å². The Bertz CT molecular complexity index is 343. The van der Waals surface area contributed by atoms with E-state index >= 15 is 0 Å². The largest absolute Gasteiger partial charge is 0.463 e. The van der Waals surface area contributed by atoms with Crippen molar-refractivity contribution >= 4 is 11.7 Å². The maximum atomic E-state index is 11.4. The molecule has 1 N–H and O–H groups in total. The molecule has 0 unspecified atom stereocenters. The van der Waals surface area contributed by atoms with Crippen LogP contribution in [0.25, 0.3) is 0 Å². The number of para-hydroxylation sites is 1. The molecule has 1 aromatic carbocycles. The molecule has 0 saturated heterocycles. The minimum atomic E-state index is -0.223. The van der Waals surface area contributed by atoms with Gasteiger partial charge in [0.25, 0.3) is 0 Å². The molecule has 0 heterocycles. The molecule has 106 valence electrons. The van der Waals surface area contributed by atoms with Gasteiger partial charge in [0.2, 0.25) is 0 Å². The van der Waals surface area contributed by atoms with Gasteiger partial charge in [0.05, 0.1) is 26.2 Å². The summed E-state index contributed by atoms with van der Waals surface area (Å²) >= 11 is 0. The summed E-state index contributed by atoms with van der Waals surface area (Å²) in [5, 5.41) is 3.15. The molecule has 19 heavy (non-hydrogen) atoms. The van der Waals surface area contributed by atoms with Gasteiger partial charge in [-0.25, -0.2) is 0 Å². The Morgan fingerprint density at radius 3 is 2.58 bits per heavy atom. The van der Waals surface area contributed by atoms with Crippen molar-refractivity contribution in [2.45, 2.75) is 6.42 Å². The molecular formula is C14H21NO4. The Kier molecular flexibility index (Phi) is 8.42. The number of hydrogen-bond acceptors (Lipinski definition) is 5. The summed E-state index contributed by atoms with van der Waals surface area (Å²) in [6.45, 7) is 2.32. The lowest BCUT2D eigenvalue weighted by Gasteiger charge is -2.07. The summed E-state index contributed by atoms with van der Waals surface area (Å²) in [5.41, 5.74) is 0.998. The molecule has 0 radical (unpaired) electrons. The number of esters is 1. The molecule has 0 spiro atoms. The van der Waals surface area contributed by atoms with Crippen LogP contribution in [0.5, 0.6) is 0 Å². The monoisotopic (exact) mass is 267 g/mol. The van der Waals surface area contributed by atoms with Crippen LogP contribution < -0.4 is 5.32 Å². The quantitative estimate of drug-likeness (QED) is 0.516. The molecule has 0 amide bonds. The zero-order valence-electron chi connectivity index (χ0n) is 11.3. The van der Waals surface area contributed by atoms with E-state index in [1.54, 1.807) is 7.11 Å². The highest BCUT2D eigenvalue weighted by molar-refractivity contribution is 5.70. The van der Waals surface area contributed by atoms with Crippen LogP contribution in [0.15, 0.2) is 30.3 Å². The maximum absolute atomic E-state index is 11.4. The summed E-state index contributed by atoms with van der Waals surface area (Å²) in [6.07, 6.45) is 0.340. The molecule has 0 fully saturated rings. The highest BCUT2D eigenvalue weighted by Crippen LogP contribution is 2.04. The van der Waals surface area contributed by atoms with Gasteiger partial charge in [-0.15, -0.1) is 0 Å². The third kappa shape index (κ3) is 8.18.